The summed E-state index contributed by atoms with van der Waals surface area (Å²) in [5, 5.41) is 1.27. The van der Waals surface area contributed by atoms with Crippen molar-refractivity contribution in [2.75, 3.05) is 0 Å². The lowest BCUT2D eigenvalue weighted by atomic mass is 10.1. The SMILES string of the molecule is CC(=O)Oc1ccccc1CN(Oc1ccccc1)C(=O)Cc1cccnc1. The summed E-state index contributed by atoms with van der Waals surface area (Å²) in [4.78, 5) is 34.2. The zero-order chi connectivity index (χ0) is 19.8. The summed E-state index contributed by atoms with van der Waals surface area (Å²) in [7, 11) is 0. The zero-order valence-corrected chi connectivity index (χ0v) is 15.4. The van der Waals surface area contributed by atoms with Crippen molar-refractivity contribution >= 4 is 11.9 Å². The fourth-order valence-corrected chi connectivity index (χ4v) is 2.59. The summed E-state index contributed by atoms with van der Waals surface area (Å²) in [5.74, 6) is 0.261. The summed E-state index contributed by atoms with van der Waals surface area (Å²) in [6.45, 7) is 1.46. The number of rotatable bonds is 7. The normalized spacial score (nSPS) is 10.2. The van der Waals surface area contributed by atoms with Crippen LogP contribution in [0.3, 0.4) is 0 Å². The molecule has 6 heteroatoms. The number of hydroxylamine groups is 2. The maximum Gasteiger partial charge on any atom is 0.308 e. The molecule has 1 heterocycles. The van der Waals surface area contributed by atoms with Gasteiger partial charge in [-0.05, 0) is 29.8 Å². The number of carbonyl (C=O) groups excluding carboxylic acids is 2. The van der Waals surface area contributed by atoms with Gasteiger partial charge in [0.25, 0.3) is 5.91 Å². The van der Waals surface area contributed by atoms with Crippen molar-refractivity contribution in [3.63, 3.8) is 0 Å². The molecule has 0 spiro atoms. The third-order valence-corrected chi connectivity index (χ3v) is 3.86. The molecule has 3 rings (SSSR count). The molecule has 0 saturated heterocycles. The van der Waals surface area contributed by atoms with E-state index in [0.717, 1.165) is 5.56 Å². The number of hydrogen-bond acceptors (Lipinski definition) is 5. The molecule has 0 aliphatic carbocycles. The predicted molar refractivity (Wildman–Crippen MR) is 103 cm³/mol. The zero-order valence-electron chi connectivity index (χ0n) is 15.4. The van der Waals surface area contributed by atoms with E-state index in [1.54, 1.807) is 48.8 Å². The van der Waals surface area contributed by atoms with Crippen LogP contribution in [0.4, 0.5) is 0 Å². The van der Waals surface area contributed by atoms with Crippen LogP contribution in [0, 0.1) is 0 Å². The van der Waals surface area contributed by atoms with Crippen LogP contribution in [-0.4, -0.2) is 21.9 Å². The first-order valence-electron chi connectivity index (χ1n) is 8.80. The van der Waals surface area contributed by atoms with Crippen molar-refractivity contribution in [1.29, 1.82) is 0 Å². The number of nitrogens with zero attached hydrogens (tertiary/aromatic N) is 2. The molecular formula is C22H20N2O4. The Hall–Kier alpha value is -3.67. The highest BCUT2D eigenvalue weighted by Crippen LogP contribution is 2.22. The van der Waals surface area contributed by atoms with Gasteiger partial charge in [-0.15, -0.1) is 0 Å². The molecular weight excluding hydrogens is 356 g/mol. The lowest BCUT2D eigenvalue weighted by Gasteiger charge is -2.23. The van der Waals surface area contributed by atoms with E-state index < -0.39 is 5.97 Å². The third kappa shape index (κ3) is 5.41. The highest BCUT2D eigenvalue weighted by Gasteiger charge is 2.19. The van der Waals surface area contributed by atoms with E-state index in [1.807, 2.05) is 30.3 Å². The number of para-hydroxylation sites is 2. The van der Waals surface area contributed by atoms with Crippen LogP contribution < -0.4 is 9.57 Å². The summed E-state index contributed by atoms with van der Waals surface area (Å²) < 4.78 is 5.25. The largest absolute Gasteiger partial charge is 0.426 e. The molecule has 0 saturated carbocycles. The first-order valence-corrected chi connectivity index (χ1v) is 8.80. The maximum absolute atomic E-state index is 12.9. The molecule has 3 aromatic rings. The highest BCUT2D eigenvalue weighted by molar-refractivity contribution is 5.78. The van der Waals surface area contributed by atoms with Gasteiger partial charge in [0.2, 0.25) is 0 Å². The molecule has 0 fully saturated rings. The van der Waals surface area contributed by atoms with Gasteiger partial charge in [0.1, 0.15) is 5.75 Å². The number of ether oxygens (including phenoxy) is 1. The number of hydrogen-bond donors (Lipinski definition) is 0. The van der Waals surface area contributed by atoms with Crippen molar-refractivity contribution < 1.29 is 19.2 Å². The van der Waals surface area contributed by atoms with Gasteiger partial charge in [-0.2, -0.15) is 5.06 Å². The summed E-state index contributed by atoms with van der Waals surface area (Å²) in [6.07, 6.45) is 3.43. The van der Waals surface area contributed by atoms with E-state index in [0.29, 0.717) is 17.1 Å². The highest BCUT2D eigenvalue weighted by atomic mass is 16.7. The maximum atomic E-state index is 12.9. The average molecular weight is 376 g/mol. The second-order valence-electron chi connectivity index (χ2n) is 6.07. The van der Waals surface area contributed by atoms with E-state index in [1.165, 1.54) is 12.0 Å². The minimum absolute atomic E-state index is 0.122. The summed E-state index contributed by atoms with van der Waals surface area (Å²) in [5.41, 5.74) is 1.44. The van der Waals surface area contributed by atoms with E-state index in [4.69, 9.17) is 9.57 Å². The van der Waals surface area contributed by atoms with Crippen molar-refractivity contribution in [2.45, 2.75) is 19.9 Å². The monoisotopic (exact) mass is 376 g/mol. The standard InChI is InChI=1S/C22H20N2O4/c1-17(25)27-21-12-6-5-9-19(21)16-24(28-20-10-3-2-4-11-20)22(26)14-18-8-7-13-23-15-18/h2-13,15H,14,16H2,1H3. The second-order valence-corrected chi connectivity index (χ2v) is 6.07. The van der Waals surface area contributed by atoms with E-state index in [2.05, 4.69) is 4.98 Å². The quantitative estimate of drug-likeness (QED) is 0.358. The summed E-state index contributed by atoms with van der Waals surface area (Å²) >= 11 is 0. The Balaban J connectivity index is 1.84. The number of aromatic nitrogens is 1. The van der Waals surface area contributed by atoms with Crippen LogP contribution in [0.5, 0.6) is 11.5 Å². The van der Waals surface area contributed by atoms with Gasteiger partial charge >= 0.3 is 5.97 Å². The Kier molecular flexibility index (Phi) is 6.36. The van der Waals surface area contributed by atoms with Crippen molar-refractivity contribution in [2.24, 2.45) is 0 Å². The molecule has 0 bridgehead atoms. The van der Waals surface area contributed by atoms with Gasteiger partial charge in [-0.1, -0.05) is 42.5 Å². The van der Waals surface area contributed by atoms with Crippen LogP contribution in [-0.2, 0) is 22.6 Å². The molecule has 142 valence electrons. The smallest absolute Gasteiger partial charge is 0.308 e. The van der Waals surface area contributed by atoms with E-state index >= 15 is 0 Å². The molecule has 2 aromatic carbocycles. The summed E-state index contributed by atoms with van der Waals surface area (Å²) in [6, 6.07) is 19.7. The average Bonchev–Trinajstić information content (AvgIpc) is 2.70. The number of benzene rings is 2. The number of amides is 1. The van der Waals surface area contributed by atoms with Crippen LogP contribution in [0.25, 0.3) is 0 Å². The number of carbonyl (C=O) groups is 2. The molecule has 0 N–H and O–H groups in total. The molecule has 1 aromatic heterocycles. The fourth-order valence-electron chi connectivity index (χ4n) is 2.59. The van der Waals surface area contributed by atoms with Gasteiger partial charge in [0.15, 0.2) is 5.75 Å². The van der Waals surface area contributed by atoms with Crippen LogP contribution in [0.1, 0.15) is 18.1 Å². The Morgan fingerprint density at radius 1 is 0.964 bits per heavy atom. The van der Waals surface area contributed by atoms with Crippen molar-refractivity contribution in [1.82, 2.24) is 10.0 Å². The van der Waals surface area contributed by atoms with Gasteiger partial charge in [-0.25, -0.2) is 0 Å². The fraction of sp³-hybridized carbons (Fsp3) is 0.136. The molecule has 1 amide bonds. The molecule has 0 aliphatic heterocycles. The lowest BCUT2D eigenvalue weighted by Crippen LogP contribution is -2.35. The molecule has 0 unspecified atom stereocenters. The molecule has 0 aliphatic rings. The van der Waals surface area contributed by atoms with E-state index in [-0.39, 0.29) is 18.9 Å². The van der Waals surface area contributed by atoms with Gasteiger partial charge in [0.05, 0.1) is 13.0 Å². The van der Waals surface area contributed by atoms with Gasteiger partial charge in [-0.3, -0.25) is 14.6 Å². The Bertz CT molecular complexity index is 930. The Morgan fingerprint density at radius 2 is 1.71 bits per heavy atom. The Labute approximate surface area is 163 Å². The number of esters is 1. The third-order valence-electron chi connectivity index (χ3n) is 3.86. The van der Waals surface area contributed by atoms with Crippen molar-refractivity contribution in [3.05, 3.63) is 90.3 Å². The van der Waals surface area contributed by atoms with Crippen LogP contribution in [0.15, 0.2) is 79.1 Å². The minimum atomic E-state index is -0.426. The van der Waals surface area contributed by atoms with Crippen LogP contribution in [0.2, 0.25) is 0 Å². The minimum Gasteiger partial charge on any atom is -0.426 e. The van der Waals surface area contributed by atoms with Crippen molar-refractivity contribution in [3.8, 4) is 11.5 Å². The molecule has 6 nitrogen and oxygen atoms in total. The van der Waals surface area contributed by atoms with Gasteiger partial charge in [0, 0.05) is 24.9 Å². The number of pyridine rings is 1. The molecule has 0 radical (unpaired) electrons. The van der Waals surface area contributed by atoms with Crippen LogP contribution >= 0.6 is 0 Å². The predicted octanol–water partition coefficient (Wildman–Crippen LogP) is 3.57. The topological polar surface area (TPSA) is 68.7 Å². The van der Waals surface area contributed by atoms with Gasteiger partial charge < -0.3 is 9.57 Å². The molecule has 0 atom stereocenters. The first kappa shape index (κ1) is 19.1. The van der Waals surface area contributed by atoms with E-state index in [9.17, 15) is 9.59 Å². The molecule has 28 heavy (non-hydrogen) atoms. The Morgan fingerprint density at radius 3 is 2.43 bits per heavy atom. The first-order chi connectivity index (χ1) is 13.6. The second kappa shape index (κ2) is 9.32. The lowest BCUT2D eigenvalue weighted by molar-refractivity contribution is -0.158.